The van der Waals surface area contributed by atoms with Crippen LogP contribution in [0.15, 0.2) is 0 Å². The maximum atomic E-state index is 9.63. The molecule has 0 aliphatic carbocycles. The minimum Gasteiger partial charge on any atom is -0.260 e. The van der Waals surface area contributed by atoms with Crippen LogP contribution >= 0.6 is 0 Å². The van der Waals surface area contributed by atoms with Crippen molar-refractivity contribution in [2.45, 2.75) is 26.2 Å². The molecule has 14 heavy (non-hydrogen) atoms. The Morgan fingerprint density at radius 1 is 0.929 bits per heavy atom. The Morgan fingerprint density at radius 2 is 0.929 bits per heavy atom. The summed E-state index contributed by atoms with van der Waals surface area (Å²) in [5.74, 6) is 0. The van der Waals surface area contributed by atoms with E-state index in [1.54, 1.807) is 12.5 Å². The van der Waals surface area contributed by atoms with Gasteiger partial charge in [0.25, 0.3) is 0 Å². The minimum atomic E-state index is -2.67. The smallest absolute Gasteiger partial charge is 0.144 e. The van der Waals surface area contributed by atoms with E-state index < -0.39 is 28.7 Å². The molecule has 6 heteroatoms. The Kier molecular flexibility index (Phi) is 12.2. The van der Waals surface area contributed by atoms with Gasteiger partial charge in [-0.3, -0.25) is 4.21 Å². The van der Waals surface area contributed by atoms with Crippen molar-refractivity contribution in [3.05, 3.63) is 0 Å². The van der Waals surface area contributed by atoms with Crippen LogP contribution in [0.2, 0.25) is 26.2 Å². The van der Waals surface area contributed by atoms with Gasteiger partial charge >= 0.3 is 0 Å². The van der Waals surface area contributed by atoms with Crippen molar-refractivity contribution < 1.29 is 12.6 Å². The zero-order valence-corrected chi connectivity index (χ0v) is 13.2. The second-order valence-electron chi connectivity index (χ2n) is 4.88. The molecule has 3 nitrogen and oxygen atoms in total. The van der Waals surface area contributed by atoms with Gasteiger partial charge < -0.3 is 0 Å². The minimum absolute atomic E-state index is 0.611. The maximum absolute atomic E-state index is 9.63. The normalized spacial score (nSPS) is 10.9. The van der Waals surface area contributed by atoms with Gasteiger partial charge in [-0.1, -0.05) is 26.2 Å². The van der Waals surface area contributed by atoms with Crippen molar-refractivity contribution in [3.63, 3.8) is 0 Å². The molecule has 0 bridgehead atoms. The Hall–Kier alpha value is 0.317. The van der Waals surface area contributed by atoms with Crippen LogP contribution in [0.25, 0.3) is 0 Å². The molecule has 0 unspecified atom stereocenters. The number of hydrogen-bond acceptors (Lipinski definition) is 3. The molecule has 0 heterocycles. The SMILES string of the molecule is CS(C)(=O)=O.CS(C)=O.C[Si](C)(C)C. The highest BCUT2D eigenvalue weighted by atomic mass is 32.2. The molecular formula is C8H24O3S2Si. The fourth-order valence-electron chi connectivity index (χ4n) is 0. The molecule has 0 N–H and O–H groups in total. The van der Waals surface area contributed by atoms with Crippen molar-refractivity contribution >= 4 is 28.7 Å². The predicted octanol–water partition coefficient (Wildman–Crippen LogP) is 1.61. The second kappa shape index (κ2) is 8.61. The molecule has 0 saturated heterocycles. The fraction of sp³-hybridized carbons (Fsp3) is 1.00. The Bertz CT molecular complexity index is 222. The van der Waals surface area contributed by atoms with Crippen molar-refractivity contribution in [1.82, 2.24) is 0 Å². The van der Waals surface area contributed by atoms with Gasteiger partial charge in [0.05, 0.1) is 0 Å². The first kappa shape index (κ1) is 19.8. The lowest BCUT2D eigenvalue weighted by atomic mass is 11.8. The third-order valence-electron chi connectivity index (χ3n) is 0. The van der Waals surface area contributed by atoms with Gasteiger partial charge in [-0.15, -0.1) is 0 Å². The van der Waals surface area contributed by atoms with Gasteiger partial charge in [-0.05, 0) is 0 Å². The Morgan fingerprint density at radius 3 is 0.929 bits per heavy atom. The molecule has 90 valence electrons. The maximum Gasteiger partial charge on any atom is 0.144 e. The van der Waals surface area contributed by atoms with Gasteiger partial charge in [0.2, 0.25) is 0 Å². The summed E-state index contributed by atoms with van der Waals surface area (Å²) in [6.45, 7) is 9.31. The van der Waals surface area contributed by atoms with E-state index in [0.717, 1.165) is 12.5 Å². The number of hydrogen-bond donors (Lipinski definition) is 0. The van der Waals surface area contributed by atoms with Crippen LogP contribution in [-0.4, -0.2) is 45.7 Å². The van der Waals surface area contributed by atoms with E-state index in [1.807, 2.05) is 0 Å². The van der Waals surface area contributed by atoms with Gasteiger partial charge in [-0.25, -0.2) is 8.42 Å². The lowest BCUT2D eigenvalue weighted by Gasteiger charge is -2.01. The van der Waals surface area contributed by atoms with Crippen molar-refractivity contribution in [2.75, 3.05) is 25.0 Å². The molecule has 0 aromatic carbocycles. The van der Waals surface area contributed by atoms with Gasteiger partial charge in [0, 0.05) is 43.9 Å². The molecule has 0 rings (SSSR count). The Balaban J connectivity index is -0.000000131. The van der Waals surface area contributed by atoms with E-state index in [2.05, 4.69) is 26.2 Å². The average molecular weight is 260 g/mol. The lowest BCUT2D eigenvalue weighted by molar-refractivity contribution is 0.607. The summed E-state index contributed by atoms with van der Waals surface area (Å²) in [6, 6.07) is 0. The molecule has 0 fully saturated rings. The van der Waals surface area contributed by atoms with Crippen molar-refractivity contribution in [3.8, 4) is 0 Å². The van der Waals surface area contributed by atoms with E-state index in [-0.39, 0.29) is 0 Å². The first-order valence-electron chi connectivity index (χ1n) is 4.13. The van der Waals surface area contributed by atoms with Crippen molar-refractivity contribution in [1.29, 1.82) is 0 Å². The van der Waals surface area contributed by atoms with E-state index in [9.17, 15) is 12.6 Å². The molecule has 0 aliphatic rings. The van der Waals surface area contributed by atoms with Crippen LogP contribution in [0.1, 0.15) is 0 Å². The van der Waals surface area contributed by atoms with E-state index in [4.69, 9.17) is 0 Å². The summed E-state index contributed by atoms with van der Waals surface area (Å²) in [4.78, 5) is 0. The second-order valence-corrected chi connectivity index (χ2v) is 14.7. The summed E-state index contributed by atoms with van der Waals surface area (Å²) in [6.07, 6.45) is 5.60. The summed E-state index contributed by atoms with van der Waals surface area (Å²) >= 11 is 0. The zero-order chi connectivity index (χ0) is 12.6. The molecule has 0 atom stereocenters. The topological polar surface area (TPSA) is 51.2 Å². The third-order valence-corrected chi connectivity index (χ3v) is 0. The zero-order valence-electron chi connectivity index (χ0n) is 10.5. The van der Waals surface area contributed by atoms with Gasteiger partial charge in [-0.2, -0.15) is 0 Å². The largest absolute Gasteiger partial charge is 0.260 e. The summed E-state index contributed by atoms with van der Waals surface area (Å²) < 4.78 is 28.8. The summed E-state index contributed by atoms with van der Waals surface area (Å²) in [7, 11) is -3.89. The molecule has 0 aromatic rings. The van der Waals surface area contributed by atoms with Crippen molar-refractivity contribution in [2.24, 2.45) is 0 Å². The number of rotatable bonds is 0. The van der Waals surface area contributed by atoms with Crippen LogP contribution in [0.5, 0.6) is 0 Å². The molecule has 0 aliphatic heterocycles. The molecule has 0 saturated carbocycles. The molecule has 0 amide bonds. The summed E-state index contributed by atoms with van der Waals surface area (Å²) in [5, 5.41) is 0. The average Bonchev–Trinajstić information content (AvgIpc) is 1.45. The van der Waals surface area contributed by atoms with Gasteiger partial charge in [0.15, 0.2) is 0 Å². The number of sulfone groups is 1. The molecular weight excluding hydrogens is 236 g/mol. The van der Waals surface area contributed by atoms with Gasteiger partial charge in [0.1, 0.15) is 9.84 Å². The fourth-order valence-corrected chi connectivity index (χ4v) is 0. The van der Waals surface area contributed by atoms with Crippen LogP contribution < -0.4 is 0 Å². The molecule has 0 aromatic heterocycles. The van der Waals surface area contributed by atoms with Crippen LogP contribution in [0, 0.1) is 0 Å². The van der Waals surface area contributed by atoms with Crippen LogP contribution in [-0.2, 0) is 20.6 Å². The predicted molar refractivity (Wildman–Crippen MR) is 70.0 cm³/mol. The third kappa shape index (κ3) is 15700. The van der Waals surface area contributed by atoms with E-state index in [0.29, 0.717) is 0 Å². The van der Waals surface area contributed by atoms with Crippen LogP contribution in [0.4, 0.5) is 0 Å². The highest BCUT2D eigenvalue weighted by Gasteiger charge is 1.99. The standard InChI is InChI=1S/C4H12Si.C2H6O2S.C2H6OS/c2*1-5(2,3)4;1-4(2)3/h1-4H3;1-2H3;1-2H3. The first-order chi connectivity index (χ1) is 5.73. The lowest BCUT2D eigenvalue weighted by Crippen LogP contribution is -2.10. The first-order valence-corrected chi connectivity index (χ1v) is 12.4. The Labute approximate surface area is 92.7 Å². The monoisotopic (exact) mass is 260 g/mol. The highest BCUT2D eigenvalue weighted by Crippen LogP contribution is 1.94. The summed E-state index contributed by atoms with van der Waals surface area (Å²) in [5.41, 5.74) is 0. The van der Waals surface area contributed by atoms with E-state index >= 15 is 0 Å². The molecule has 0 spiro atoms. The van der Waals surface area contributed by atoms with Crippen LogP contribution in [0.3, 0.4) is 0 Å². The molecule has 0 radical (unpaired) electrons. The quantitative estimate of drug-likeness (QED) is 0.622. The highest BCUT2D eigenvalue weighted by molar-refractivity contribution is 7.89. The van der Waals surface area contributed by atoms with E-state index in [1.165, 1.54) is 0 Å².